The second-order valence-corrected chi connectivity index (χ2v) is 8.42. The molecule has 0 aliphatic carbocycles. The lowest BCUT2D eigenvalue weighted by Gasteiger charge is -2.15. The number of esters is 1. The minimum absolute atomic E-state index is 0.0296. The second-order valence-electron chi connectivity index (χ2n) is 4.04. The van der Waals surface area contributed by atoms with Gasteiger partial charge in [0.1, 0.15) is 15.6 Å². The van der Waals surface area contributed by atoms with E-state index in [0.717, 1.165) is 15.6 Å². The van der Waals surface area contributed by atoms with E-state index in [2.05, 4.69) is 30.6 Å². The van der Waals surface area contributed by atoms with Crippen molar-refractivity contribution >= 4 is 43.3 Å². The number of carbonyl (C=O) groups is 1. The molecule has 7 nitrogen and oxygen atoms in total. The maximum Gasteiger partial charge on any atom is 0.348 e. The number of nitrogens with zero attached hydrogens (tertiary/aromatic N) is 2. The quantitative estimate of drug-likeness (QED) is 0.782. The number of methoxy groups -OCH3 is 1. The standard InChI is InChI=1S/C11H12BrN3O4S2/c1-15(6-9-13-3-4-14-9)21(17,18)8-5-7(11(16)19-2)20-10(8)12/h3-5H,6H2,1-2H3,(H,13,14). The lowest BCUT2D eigenvalue weighted by Crippen LogP contribution is -2.27. The molecule has 10 heteroatoms. The lowest BCUT2D eigenvalue weighted by atomic mass is 10.5. The number of hydrogen-bond donors (Lipinski definition) is 1. The average molecular weight is 394 g/mol. The maximum absolute atomic E-state index is 12.5. The van der Waals surface area contributed by atoms with E-state index in [1.807, 2.05) is 0 Å². The molecule has 0 fully saturated rings. The van der Waals surface area contributed by atoms with Crippen LogP contribution in [0.5, 0.6) is 0 Å². The van der Waals surface area contributed by atoms with Gasteiger partial charge in [0.15, 0.2) is 0 Å². The van der Waals surface area contributed by atoms with Gasteiger partial charge >= 0.3 is 5.97 Å². The highest BCUT2D eigenvalue weighted by Crippen LogP contribution is 2.33. The minimum atomic E-state index is -3.74. The fraction of sp³-hybridized carbons (Fsp3) is 0.273. The molecule has 0 amide bonds. The fourth-order valence-corrected chi connectivity index (χ4v) is 5.14. The summed E-state index contributed by atoms with van der Waals surface area (Å²) >= 11 is 4.19. The van der Waals surface area contributed by atoms with Crippen molar-refractivity contribution in [3.8, 4) is 0 Å². The third-order valence-electron chi connectivity index (χ3n) is 2.66. The van der Waals surface area contributed by atoms with Gasteiger partial charge in [-0.1, -0.05) is 0 Å². The van der Waals surface area contributed by atoms with Crippen molar-refractivity contribution in [1.29, 1.82) is 0 Å². The Bertz CT molecular complexity index is 740. The molecule has 0 aliphatic heterocycles. The number of hydrogen-bond acceptors (Lipinski definition) is 6. The number of rotatable bonds is 5. The number of thiophene rings is 1. The number of aromatic amines is 1. The van der Waals surface area contributed by atoms with E-state index in [9.17, 15) is 13.2 Å². The van der Waals surface area contributed by atoms with Crippen LogP contribution in [0.1, 0.15) is 15.5 Å². The van der Waals surface area contributed by atoms with Crippen LogP contribution in [0.15, 0.2) is 27.1 Å². The number of ether oxygens (including phenoxy) is 1. The Kier molecular flexibility index (Phi) is 4.81. The molecule has 2 heterocycles. The Morgan fingerprint density at radius 1 is 1.57 bits per heavy atom. The molecule has 0 bridgehead atoms. The maximum atomic E-state index is 12.5. The summed E-state index contributed by atoms with van der Waals surface area (Å²) in [7, 11) is -1.05. The van der Waals surface area contributed by atoms with Crippen LogP contribution < -0.4 is 0 Å². The number of H-pyrrole nitrogens is 1. The zero-order valence-electron chi connectivity index (χ0n) is 11.2. The molecule has 2 aromatic rings. The van der Waals surface area contributed by atoms with E-state index in [0.29, 0.717) is 9.61 Å². The number of imidazole rings is 1. The summed E-state index contributed by atoms with van der Waals surface area (Å²) in [6, 6.07) is 1.30. The van der Waals surface area contributed by atoms with Crippen LogP contribution in [0.2, 0.25) is 0 Å². The summed E-state index contributed by atoms with van der Waals surface area (Å²) in [6.45, 7) is 0.102. The molecule has 21 heavy (non-hydrogen) atoms. The summed E-state index contributed by atoms with van der Waals surface area (Å²) in [5.74, 6) is -0.0449. The molecule has 114 valence electrons. The van der Waals surface area contributed by atoms with Gasteiger partial charge in [-0.3, -0.25) is 0 Å². The van der Waals surface area contributed by atoms with Crippen LogP contribution in [0.4, 0.5) is 0 Å². The number of carbonyl (C=O) groups excluding carboxylic acids is 1. The van der Waals surface area contributed by atoms with E-state index in [4.69, 9.17) is 0 Å². The van der Waals surface area contributed by atoms with Gasteiger partial charge in [-0.25, -0.2) is 18.2 Å². The third-order valence-corrected chi connectivity index (χ3v) is 6.69. The molecule has 0 radical (unpaired) electrons. The van der Waals surface area contributed by atoms with Crippen molar-refractivity contribution in [2.45, 2.75) is 11.4 Å². The number of halogens is 1. The molecule has 2 rings (SSSR count). The molecule has 0 atom stereocenters. The van der Waals surface area contributed by atoms with Gasteiger partial charge in [0.2, 0.25) is 10.0 Å². The predicted octanol–water partition coefficient (Wildman–Crippen LogP) is 1.84. The average Bonchev–Trinajstić information content (AvgIpc) is 3.07. The highest BCUT2D eigenvalue weighted by Gasteiger charge is 2.28. The summed E-state index contributed by atoms with van der Waals surface area (Å²) in [5, 5.41) is 0. The first-order valence-electron chi connectivity index (χ1n) is 5.68. The monoisotopic (exact) mass is 393 g/mol. The van der Waals surface area contributed by atoms with E-state index >= 15 is 0 Å². The minimum Gasteiger partial charge on any atom is -0.465 e. The summed E-state index contributed by atoms with van der Waals surface area (Å²) in [5.41, 5.74) is 0. The molecule has 0 unspecified atom stereocenters. The largest absolute Gasteiger partial charge is 0.465 e. The fourth-order valence-electron chi connectivity index (χ4n) is 1.58. The highest BCUT2D eigenvalue weighted by atomic mass is 79.9. The number of sulfonamides is 1. The van der Waals surface area contributed by atoms with Crippen LogP contribution in [-0.4, -0.2) is 42.8 Å². The SMILES string of the molecule is COC(=O)c1cc(S(=O)(=O)N(C)Cc2ncc[nH]2)c(Br)s1. The van der Waals surface area contributed by atoms with Crippen LogP contribution in [-0.2, 0) is 21.3 Å². The topological polar surface area (TPSA) is 92.4 Å². The molecule has 1 N–H and O–H groups in total. The Morgan fingerprint density at radius 2 is 2.29 bits per heavy atom. The molecule has 0 saturated carbocycles. The molecular weight excluding hydrogens is 382 g/mol. The zero-order valence-corrected chi connectivity index (χ0v) is 14.4. The van der Waals surface area contributed by atoms with E-state index < -0.39 is 16.0 Å². The molecule has 0 aliphatic rings. The van der Waals surface area contributed by atoms with Crippen LogP contribution in [0.25, 0.3) is 0 Å². The molecule has 2 aromatic heterocycles. The van der Waals surface area contributed by atoms with Crippen LogP contribution in [0, 0.1) is 0 Å². The summed E-state index contributed by atoms with van der Waals surface area (Å²) < 4.78 is 31.1. The predicted molar refractivity (Wildman–Crippen MR) is 80.6 cm³/mol. The van der Waals surface area contributed by atoms with Gasteiger partial charge in [-0.15, -0.1) is 11.3 Å². The third kappa shape index (κ3) is 3.34. The number of nitrogens with one attached hydrogen (secondary N) is 1. The van der Waals surface area contributed by atoms with Crippen LogP contribution >= 0.6 is 27.3 Å². The Morgan fingerprint density at radius 3 is 2.86 bits per heavy atom. The van der Waals surface area contributed by atoms with Gasteiger partial charge < -0.3 is 9.72 Å². The van der Waals surface area contributed by atoms with Crippen molar-refractivity contribution in [2.75, 3.05) is 14.2 Å². The molecular formula is C11H12BrN3O4S2. The first kappa shape index (κ1) is 16.1. The van der Waals surface area contributed by atoms with Gasteiger partial charge in [0.25, 0.3) is 0 Å². The van der Waals surface area contributed by atoms with E-state index in [1.165, 1.54) is 20.2 Å². The van der Waals surface area contributed by atoms with Crippen molar-refractivity contribution in [3.05, 3.63) is 32.9 Å². The zero-order chi connectivity index (χ0) is 15.6. The Labute approximate surface area is 134 Å². The lowest BCUT2D eigenvalue weighted by molar-refractivity contribution is 0.0606. The first-order valence-corrected chi connectivity index (χ1v) is 8.73. The van der Waals surface area contributed by atoms with Gasteiger partial charge in [0, 0.05) is 19.4 Å². The van der Waals surface area contributed by atoms with Gasteiger partial charge in [-0.05, 0) is 22.0 Å². The normalized spacial score (nSPS) is 11.8. The first-order chi connectivity index (χ1) is 9.86. The van der Waals surface area contributed by atoms with E-state index in [-0.39, 0.29) is 16.3 Å². The van der Waals surface area contributed by atoms with Gasteiger partial charge in [0.05, 0.1) is 17.4 Å². The summed E-state index contributed by atoms with van der Waals surface area (Å²) in [4.78, 5) is 18.5. The molecule has 0 saturated heterocycles. The Hall–Kier alpha value is -1.23. The van der Waals surface area contributed by atoms with Crippen molar-refractivity contribution in [1.82, 2.24) is 14.3 Å². The second kappa shape index (κ2) is 6.26. The summed E-state index contributed by atoms with van der Waals surface area (Å²) in [6.07, 6.45) is 3.16. The highest BCUT2D eigenvalue weighted by molar-refractivity contribution is 9.11. The van der Waals surface area contributed by atoms with E-state index in [1.54, 1.807) is 12.4 Å². The molecule has 0 spiro atoms. The van der Waals surface area contributed by atoms with Crippen molar-refractivity contribution in [3.63, 3.8) is 0 Å². The van der Waals surface area contributed by atoms with Gasteiger partial charge in [-0.2, -0.15) is 4.31 Å². The van der Waals surface area contributed by atoms with Crippen molar-refractivity contribution < 1.29 is 17.9 Å². The number of aromatic nitrogens is 2. The Balaban J connectivity index is 2.30. The van der Waals surface area contributed by atoms with Crippen molar-refractivity contribution in [2.24, 2.45) is 0 Å². The molecule has 0 aromatic carbocycles. The van der Waals surface area contributed by atoms with Crippen LogP contribution in [0.3, 0.4) is 0 Å². The smallest absolute Gasteiger partial charge is 0.348 e.